The number of ketones is 1. The fourth-order valence-corrected chi connectivity index (χ4v) is 3.20. The van der Waals surface area contributed by atoms with Crippen LogP contribution in [-0.2, 0) is 6.42 Å². The molecule has 3 rings (SSSR count). The van der Waals surface area contributed by atoms with Crippen LogP contribution in [0.15, 0.2) is 36.4 Å². The summed E-state index contributed by atoms with van der Waals surface area (Å²) in [5, 5.41) is 0.597. The van der Waals surface area contributed by atoms with Gasteiger partial charge in [-0.05, 0) is 23.6 Å². The molecule has 0 saturated heterocycles. The average molecular weight is 307 g/mol. The molecular formula is C16H12Cl2O2. The smallest absolute Gasteiger partial charge is 0.172 e. The van der Waals surface area contributed by atoms with E-state index in [1.807, 2.05) is 36.4 Å². The highest BCUT2D eigenvalue weighted by Crippen LogP contribution is 2.44. The van der Waals surface area contributed by atoms with Crippen molar-refractivity contribution in [3.63, 3.8) is 0 Å². The molecule has 2 nitrogen and oxygen atoms in total. The van der Waals surface area contributed by atoms with Crippen LogP contribution in [-0.4, -0.2) is 12.9 Å². The van der Waals surface area contributed by atoms with Crippen molar-refractivity contribution in [3.8, 4) is 5.75 Å². The van der Waals surface area contributed by atoms with Crippen LogP contribution >= 0.6 is 23.2 Å². The summed E-state index contributed by atoms with van der Waals surface area (Å²) in [6.07, 6.45) is 0.630. The number of rotatable bonds is 2. The monoisotopic (exact) mass is 306 g/mol. The SMILES string of the molecule is COc1cc2c(c(Cl)c1Cl)C(=O)[C@H](c1ccccc1)C2. The highest BCUT2D eigenvalue weighted by Gasteiger charge is 2.35. The summed E-state index contributed by atoms with van der Waals surface area (Å²) in [7, 11) is 1.54. The fraction of sp³-hybridized carbons (Fsp3) is 0.188. The van der Waals surface area contributed by atoms with Gasteiger partial charge in [0.15, 0.2) is 5.78 Å². The van der Waals surface area contributed by atoms with Crippen LogP contribution in [0.5, 0.6) is 5.75 Å². The van der Waals surface area contributed by atoms with E-state index in [4.69, 9.17) is 27.9 Å². The van der Waals surface area contributed by atoms with Crippen LogP contribution in [0, 0.1) is 0 Å². The third-order valence-electron chi connectivity index (χ3n) is 3.66. The highest BCUT2D eigenvalue weighted by molar-refractivity contribution is 6.45. The van der Waals surface area contributed by atoms with Crippen molar-refractivity contribution in [3.05, 3.63) is 63.1 Å². The number of hydrogen-bond donors (Lipinski definition) is 0. The molecule has 20 heavy (non-hydrogen) atoms. The van der Waals surface area contributed by atoms with Gasteiger partial charge >= 0.3 is 0 Å². The zero-order valence-electron chi connectivity index (χ0n) is 10.8. The van der Waals surface area contributed by atoms with Gasteiger partial charge in [-0.25, -0.2) is 0 Å². The standard InChI is InChI=1S/C16H12Cl2O2/c1-20-12-8-10-7-11(9-5-3-2-4-6-9)16(19)13(10)15(18)14(12)17/h2-6,8,11H,7H2,1H3/t11-/m0/s1. The van der Waals surface area contributed by atoms with Crippen LogP contribution in [0.3, 0.4) is 0 Å². The molecule has 0 amide bonds. The van der Waals surface area contributed by atoms with E-state index in [9.17, 15) is 4.79 Å². The van der Waals surface area contributed by atoms with Gasteiger partial charge in [-0.15, -0.1) is 0 Å². The van der Waals surface area contributed by atoms with Crippen molar-refractivity contribution in [2.24, 2.45) is 0 Å². The van der Waals surface area contributed by atoms with Gasteiger partial charge in [-0.1, -0.05) is 53.5 Å². The highest BCUT2D eigenvalue weighted by atomic mass is 35.5. The lowest BCUT2D eigenvalue weighted by atomic mass is 9.95. The molecule has 0 saturated carbocycles. The van der Waals surface area contributed by atoms with E-state index in [0.717, 1.165) is 11.1 Å². The minimum atomic E-state index is -0.188. The minimum absolute atomic E-state index is 0.0285. The summed E-state index contributed by atoms with van der Waals surface area (Å²) >= 11 is 12.4. The van der Waals surface area contributed by atoms with Crippen molar-refractivity contribution in [2.45, 2.75) is 12.3 Å². The second-order valence-corrected chi connectivity index (χ2v) is 5.53. The normalized spacial score (nSPS) is 17.1. The Balaban J connectivity index is 2.09. The summed E-state index contributed by atoms with van der Waals surface area (Å²) in [4.78, 5) is 12.6. The second-order valence-electron chi connectivity index (χ2n) is 4.77. The molecule has 0 spiro atoms. The number of Topliss-reactive ketones (excluding diaryl/α,β-unsaturated/α-hetero) is 1. The first-order valence-electron chi connectivity index (χ1n) is 6.27. The van der Waals surface area contributed by atoms with Crippen molar-refractivity contribution >= 4 is 29.0 Å². The molecule has 0 aliphatic heterocycles. The van der Waals surface area contributed by atoms with Crippen LogP contribution in [0.4, 0.5) is 0 Å². The van der Waals surface area contributed by atoms with E-state index >= 15 is 0 Å². The Labute approximate surface area is 127 Å². The first-order valence-corrected chi connectivity index (χ1v) is 7.03. The van der Waals surface area contributed by atoms with E-state index in [2.05, 4.69) is 0 Å². The van der Waals surface area contributed by atoms with Gasteiger partial charge in [-0.3, -0.25) is 4.79 Å². The average Bonchev–Trinajstić information content (AvgIpc) is 2.81. The van der Waals surface area contributed by atoms with Gasteiger partial charge in [0.1, 0.15) is 10.8 Å². The van der Waals surface area contributed by atoms with E-state index in [-0.39, 0.29) is 11.7 Å². The summed E-state index contributed by atoms with van der Waals surface area (Å²) in [6, 6.07) is 11.5. The van der Waals surface area contributed by atoms with Gasteiger partial charge in [0, 0.05) is 5.56 Å². The van der Waals surface area contributed by atoms with Gasteiger partial charge in [-0.2, -0.15) is 0 Å². The number of benzene rings is 2. The third kappa shape index (κ3) is 2.00. The predicted octanol–water partition coefficient (Wildman–Crippen LogP) is 4.52. The Morgan fingerprint density at radius 3 is 2.50 bits per heavy atom. The van der Waals surface area contributed by atoms with Crippen molar-refractivity contribution in [1.29, 1.82) is 0 Å². The molecule has 2 aromatic carbocycles. The predicted molar refractivity (Wildman–Crippen MR) is 80.2 cm³/mol. The Bertz CT molecular complexity index is 681. The maximum absolute atomic E-state index is 12.6. The Morgan fingerprint density at radius 2 is 1.85 bits per heavy atom. The molecule has 0 heterocycles. The summed E-state index contributed by atoms with van der Waals surface area (Å²) < 4.78 is 5.20. The quantitative estimate of drug-likeness (QED) is 0.815. The maximum Gasteiger partial charge on any atom is 0.172 e. The number of carbonyl (C=O) groups is 1. The molecule has 0 unspecified atom stereocenters. The fourth-order valence-electron chi connectivity index (χ4n) is 2.67. The van der Waals surface area contributed by atoms with Crippen LogP contribution in [0.2, 0.25) is 10.0 Å². The van der Waals surface area contributed by atoms with Crippen molar-refractivity contribution < 1.29 is 9.53 Å². The molecule has 0 aromatic heterocycles. The molecular weight excluding hydrogens is 295 g/mol. The number of halogens is 2. The molecule has 1 aliphatic rings. The molecule has 0 bridgehead atoms. The lowest BCUT2D eigenvalue weighted by Gasteiger charge is -2.08. The number of methoxy groups -OCH3 is 1. The molecule has 4 heteroatoms. The van der Waals surface area contributed by atoms with Gasteiger partial charge in [0.25, 0.3) is 0 Å². The second kappa shape index (κ2) is 5.12. The van der Waals surface area contributed by atoms with Crippen molar-refractivity contribution in [2.75, 3.05) is 7.11 Å². The first-order chi connectivity index (χ1) is 9.63. The number of ether oxygens (including phenoxy) is 1. The molecule has 1 aliphatic carbocycles. The van der Waals surface area contributed by atoms with Crippen LogP contribution < -0.4 is 4.74 Å². The van der Waals surface area contributed by atoms with E-state index in [1.165, 1.54) is 7.11 Å². The van der Waals surface area contributed by atoms with Gasteiger partial charge in [0.2, 0.25) is 0 Å². The Kier molecular flexibility index (Phi) is 3.45. The third-order valence-corrected chi connectivity index (χ3v) is 4.51. The molecule has 0 N–H and O–H groups in total. The number of fused-ring (bicyclic) bond motifs is 1. The first kappa shape index (κ1) is 13.5. The number of carbonyl (C=O) groups excluding carboxylic acids is 1. The molecule has 0 radical (unpaired) electrons. The Morgan fingerprint density at radius 1 is 1.15 bits per heavy atom. The summed E-state index contributed by atoms with van der Waals surface area (Å²) in [5.74, 6) is 0.351. The minimum Gasteiger partial charge on any atom is -0.495 e. The van der Waals surface area contributed by atoms with Gasteiger partial charge < -0.3 is 4.74 Å². The maximum atomic E-state index is 12.6. The van der Waals surface area contributed by atoms with E-state index < -0.39 is 0 Å². The topological polar surface area (TPSA) is 26.3 Å². The van der Waals surface area contributed by atoms with Crippen LogP contribution in [0.1, 0.15) is 27.4 Å². The lowest BCUT2D eigenvalue weighted by Crippen LogP contribution is -2.07. The molecule has 2 aromatic rings. The lowest BCUT2D eigenvalue weighted by molar-refractivity contribution is 0.0973. The van der Waals surface area contributed by atoms with E-state index in [0.29, 0.717) is 27.8 Å². The van der Waals surface area contributed by atoms with Crippen LogP contribution in [0.25, 0.3) is 0 Å². The zero-order chi connectivity index (χ0) is 14.3. The molecule has 102 valence electrons. The van der Waals surface area contributed by atoms with Crippen molar-refractivity contribution in [1.82, 2.24) is 0 Å². The summed E-state index contributed by atoms with van der Waals surface area (Å²) in [6.45, 7) is 0. The zero-order valence-corrected chi connectivity index (χ0v) is 12.3. The largest absolute Gasteiger partial charge is 0.495 e. The van der Waals surface area contributed by atoms with E-state index in [1.54, 1.807) is 0 Å². The summed E-state index contributed by atoms with van der Waals surface area (Å²) in [5.41, 5.74) is 2.43. The molecule has 1 atom stereocenters. The van der Waals surface area contributed by atoms with Gasteiger partial charge in [0.05, 0.1) is 18.1 Å². The molecule has 0 fully saturated rings. The number of hydrogen-bond acceptors (Lipinski definition) is 2. The Hall–Kier alpha value is -1.51.